The minimum absolute atomic E-state index is 0.00247. The molecule has 0 bridgehead atoms. The second kappa shape index (κ2) is 9.58. The molecular weight excluding hydrogens is 444 g/mol. The predicted molar refractivity (Wildman–Crippen MR) is 120 cm³/mol. The number of nitrogens with two attached hydrogens (primary N) is 1. The first-order chi connectivity index (χ1) is 16.1. The number of para-hydroxylation sites is 1. The maximum atomic E-state index is 14.2. The van der Waals surface area contributed by atoms with Gasteiger partial charge in [-0.2, -0.15) is 0 Å². The van der Waals surface area contributed by atoms with Gasteiger partial charge in [0.2, 0.25) is 11.8 Å². The fourth-order valence-corrected chi connectivity index (χ4v) is 4.30. The largest absolute Gasteiger partial charge is 0.465 e. The fraction of sp³-hybridized carbons (Fsp3) is 0.417. The van der Waals surface area contributed by atoms with Gasteiger partial charge in [0.1, 0.15) is 28.9 Å². The van der Waals surface area contributed by atoms with Crippen molar-refractivity contribution in [2.75, 3.05) is 24.7 Å². The van der Waals surface area contributed by atoms with Crippen LogP contribution >= 0.6 is 0 Å². The molecule has 10 heteroatoms. The Morgan fingerprint density at radius 1 is 1.06 bits per heavy atom. The third kappa shape index (κ3) is 3.89. The summed E-state index contributed by atoms with van der Waals surface area (Å²) in [7, 11) is 0. The third-order valence-corrected chi connectivity index (χ3v) is 5.40. The summed E-state index contributed by atoms with van der Waals surface area (Å²) < 4.78 is 21.2. The average molecular weight is 472 g/mol. The van der Waals surface area contributed by atoms with Crippen LogP contribution in [0.5, 0.6) is 0 Å². The second-order valence-corrected chi connectivity index (χ2v) is 7.91. The zero-order valence-corrected chi connectivity index (χ0v) is 19.8. The highest BCUT2D eigenvalue weighted by atomic mass is 16.6. The molecule has 1 aromatic rings. The van der Waals surface area contributed by atoms with Gasteiger partial charge in [0.25, 0.3) is 0 Å². The first-order valence-electron chi connectivity index (χ1n) is 11.0. The van der Waals surface area contributed by atoms with Crippen molar-refractivity contribution in [1.29, 1.82) is 0 Å². The highest BCUT2D eigenvalue weighted by Crippen LogP contribution is 2.54. The van der Waals surface area contributed by atoms with Gasteiger partial charge in [0.05, 0.1) is 19.3 Å². The molecule has 0 unspecified atom stereocenters. The summed E-state index contributed by atoms with van der Waals surface area (Å²) in [6.45, 7) is 7.67. The highest BCUT2D eigenvalue weighted by Gasteiger charge is 2.64. The van der Waals surface area contributed by atoms with Gasteiger partial charge in [0.15, 0.2) is 0 Å². The zero-order valence-electron chi connectivity index (χ0n) is 19.8. The van der Waals surface area contributed by atoms with Gasteiger partial charge in [0, 0.05) is 11.3 Å². The van der Waals surface area contributed by atoms with Crippen LogP contribution in [0.2, 0.25) is 0 Å². The number of fused-ring (bicyclic) bond motifs is 2. The normalized spacial score (nSPS) is 19.4. The molecule has 0 aromatic heterocycles. The summed E-state index contributed by atoms with van der Waals surface area (Å²) in [5.41, 5.74) is 4.14. The minimum Gasteiger partial charge on any atom is -0.465 e. The number of benzene rings is 1. The van der Waals surface area contributed by atoms with Gasteiger partial charge in [-0.3, -0.25) is 14.5 Å². The van der Waals surface area contributed by atoms with E-state index >= 15 is 0 Å². The molecule has 0 aliphatic carbocycles. The van der Waals surface area contributed by atoms with Crippen molar-refractivity contribution in [3.8, 4) is 0 Å². The molecule has 2 aliphatic heterocycles. The molecule has 10 nitrogen and oxygen atoms in total. The van der Waals surface area contributed by atoms with E-state index in [1.165, 1.54) is 11.8 Å². The maximum Gasteiger partial charge on any atom is 0.341 e. The van der Waals surface area contributed by atoms with Crippen molar-refractivity contribution in [2.24, 2.45) is 5.73 Å². The van der Waals surface area contributed by atoms with Crippen molar-refractivity contribution in [3.63, 3.8) is 0 Å². The van der Waals surface area contributed by atoms with Crippen LogP contribution in [0.25, 0.3) is 0 Å². The van der Waals surface area contributed by atoms with E-state index in [1.54, 1.807) is 52.0 Å². The lowest BCUT2D eigenvalue weighted by atomic mass is 9.67. The molecule has 2 aliphatic rings. The first-order valence-corrected chi connectivity index (χ1v) is 11.0. The molecule has 1 spiro atoms. The number of hydrogen-bond donors (Lipinski definition) is 1. The van der Waals surface area contributed by atoms with Crippen LogP contribution in [0.3, 0.4) is 0 Å². The number of nitrogens with zero attached hydrogens (tertiary/aromatic N) is 1. The monoisotopic (exact) mass is 472 g/mol. The van der Waals surface area contributed by atoms with Crippen molar-refractivity contribution >= 4 is 29.5 Å². The Balaban J connectivity index is 2.35. The molecule has 1 aromatic carbocycles. The van der Waals surface area contributed by atoms with Gasteiger partial charge >= 0.3 is 17.9 Å². The lowest BCUT2D eigenvalue weighted by Gasteiger charge is -2.36. The number of carbonyl (C=O) groups excluding carboxylic acids is 4. The summed E-state index contributed by atoms with van der Waals surface area (Å²) in [4.78, 5) is 54.3. The minimum atomic E-state index is -2.03. The Morgan fingerprint density at radius 2 is 1.71 bits per heavy atom. The van der Waals surface area contributed by atoms with Gasteiger partial charge in [-0.15, -0.1) is 0 Å². The van der Waals surface area contributed by atoms with Crippen molar-refractivity contribution in [2.45, 2.75) is 46.1 Å². The van der Waals surface area contributed by atoms with Crippen LogP contribution < -0.4 is 10.6 Å². The summed E-state index contributed by atoms with van der Waals surface area (Å²) in [5, 5.41) is 0. The summed E-state index contributed by atoms with van der Waals surface area (Å²) in [5.74, 6) is -3.57. The van der Waals surface area contributed by atoms with Crippen LogP contribution in [-0.2, 0) is 43.5 Å². The molecule has 2 N–H and O–H groups in total. The molecular formula is C24H28N2O8. The SMILES string of the molecule is CCOC(=O)CN1C(=O)[C@@]2(C(C(=O)OC(C)C)=C(C)OC(N)=C2C(=O)OCC)c2ccccc21. The van der Waals surface area contributed by atoms with Crippen molar-refractivity contribution in [3.05, 3.63) is 52.6 Å². The Bertz CT molecular complexity index is 1100. The molecule has 0 saturated carbocycles. The van der Waals surface area contributed by atoms with Gasteiger partial charge in [-0.25, -0.2) is 9.59 Å². The van der Waals surface area contributed by atoms with E-state index in [2.05, 4.69) is 0 Å². The summed E-state index contributed by atoms with van der Waals surface area (Å²) in [6, 6.07) is 6.52. The first kappa shape index (κ1) is 24.8. The third-order valence-electron chi connectivity index (χ3n) is 5.40. The standard InChI is InChI=1S/C24H28N2O8/c1-6-31-17(27)12-26-16-11-9-8-10-15(16)24(23(26)30)18(22(29)33-13(3)4)14(5)34-20(25)19(24)21(28)32-7-2/h8-11,13H,6-7,12,25H2,1-5H3/t24-/m1/s1. The maximum absolute atomic E-state index is 14.2. The number of rotatable bonds is 7. The second-order valence-electron chi connectivity index (χ2n) is 7.91. The molecule has 182 valence electrons. The van der Waals surface area contributed by atoms with Crippen molar-refractivity contribution < 1.29 is 38.1 Å². The number of anilines is 1. The molecule has 1 atom stereocenters. The number of amides is 1. The van der Waals surface area contributed by atoms with Gasteiger partial charge in [-0.1, -0.05) is 18.2 Å². The van der Waals surface area contributed by atoms with Crippen LogP contribution in [-0.4, -0.2) is 49.7 Å². The molecule has 34 heavy (non-hydrogen) atoms. The van der Waals surface area contributed by atoms with Crippen LogP contribution in [0, 0.1) is 0 Å². The van der Waals surface area contributed by atoms with Crippen molar-refractivity contribution in [1.82, 2.24) is 0 Å². The summed E-state index contributed by atoms with van der Waals surface area (Å²) >= 11 is 0. The smallest absolute Gasteiger partial charge is 0.341 e. The van der Waals surface area contributed by atoms with Gasteiger partial charge < -0.3 is 24.7 Å². The van der Waals surface area contributed by atoms with E-state index in [-0.39, 0.29) is 41.6 Å². The fourth-order valence-electron chi connectivity index (χ4n) is 4.30. The van der Waals surface area contributed by atoms with E-state index in [1.807, 2.05) is 0 Å². The Morgan fingerprint density at radius 3 is 2.32 bits per heavy atom. The lowest BCUT2D eigenvalue weighted by molar-refractivity contribution is -0.146. The van der Waals surface area contributed by atoms with E-state index in [4.69, 9.17) is 24.7 Å². The Labute approximate surface area is 197 Å². The quantitative estimate of drug-likeness (QED) is 0.466. The highest BCUT2D eigenvalue weighted by molar-refractivity contribution is 6.23. The van der Waals surface area contributed by atoms with Gasteiger partial charge in [-0.05, 0) is 40.7 Å². The molecule has 1 amide bonds. The molecule has 3 rings (SSSR count). The molecule has 0 radical (unpaired) electrons. The Kier molecular flexibility index (Phi) is 6.99. The van der Waals surface area contributed by atoms with Crippen LogP contribution in [0.4, 0.5) is 5.69 Å². The lowest BCUT2D eigenvalue weighted by Crippen LogP contribution is -2.51. The number of esters is 3. The Hall–Kier alpha value is -3.82. The molecule has 2 heterocycles. The molecule has 0 saturated heterocycles. The van der Waals surface area contributed by atoms with E-state index in [9.17, 15) is 19.2 Å². The molecule has 0 fully saturated rings. The average Bonchev–Trinajstić information content (AvgIpc) is 2.97. The topological polar surface area (TPSA) is 134 Å². The number of ether oxygens (including phenoxy) is 4. The van der Waals surface area contributed by atoms with E-state index < -0.39 is 41.9 Å². The number of carbonyl (C=O) groups is 4. The number of allylic oxidation sites excluding steroid dienone is 1. The number of hydrogen-bond acceptors (Lipinski definition) is 9. The van der Waals surface area contributed by atoms with E-state index in [0.717, 1.165) is 0 Å². The predicted octanol–water partition coefficient (Wildman–Crippen LogP) is 1.82. The van der Waals surface area contributed by atoms with Crippen LogP contribution in [0.1, 0.15) is 40.2 Å². The summed E-state index contributed by atoms with van der Waals surface area (Å²) in [6.07, 6.45) is -0.526. The van der Waals surface area contributed by atoms with E-state index in [0.29, 0.717) is 5.69 Å². The van der Waals surface area contributed by atoms with Crippen LogP contribution in [0.15, 0.2) is 47.1 Å². The zero-order chi connectivity index (χ0) is 25.2.